The van der Waals surface area contributed by atoms with Crippen LogP contribution >= 0.6 is 11.6 Å². The predicted octanol–water partition coefficient (Wildman–Crippen LogP) is 3.72. The maximum atomic E-state index is 6.21. The fraction of sp³-hybridized carbons (Fsp3) is 0.688. The van der Waals surface area contributed by atoms with E-state index in [1.165, 1.54) is 12.8 Å². The van der Waals surface area contributed by atoms with Gasteiger partial charge in [-0.15, -0.1) is 0 Å². The van der Waals surface area contributed by atoms with Crippen molar-refractivity contribution in [1.29, 1.82) is 0 Å². The third-order valence-electron chi connectivity index (χ3n) is 4.29. The molecule has 0 aromatic carbocycles. The van der Waals surface area contributed by atoms with Crippen molar-refractivity contribution in [2.75, 3.05) is 24.5 Å². The van der Waals surface area contributed by atoms with Gasteiger partial charge in [-0.1, -0.05) is 32.4 Å². The average molecular weight is 296 g/mol. The quantitative estimate of drug-likeness (QED) is 0.897. The first kappa shape index (κ1) is 15.6. The lowest BCUT2D eigenvalue weighted by molar-refractivity contribution is 0.310. The van der Waals surface area contributed by atoms with E-state index in [0.717, 1.165) is 54.4 Å². The number of piperidine rings is 1. The van der Waals surface area contributed by atoms with E-state index in [2.05, 4.69) is 42.0 Å². The summed E-state index contributed by atoms with van der Waals surface area (Å²) in [5, 5.41) is 4.08. The van der Waals surface area contributed by atoms with Gasteiger partial charge < -0.3 is 10.2 Å². The van der Waals surface area contributed by atoms with Crippen molar-refractivity contribution >= 4 is 17.4 Å². The Labute approximate surface area is 127 Å². The summed E-state index contributed by atoms with van der Waals surface area (Å²) in [5.41, 5.74) is 1.14. The minimum atomic E-state index is 0.756. The number of halogens is 1. The first-order valence-electron chi connectivity index (χ1n) is 7.72. The van der Waals surface area contributed by atoms with Crippen LogP contribution in [-0.2, 0) is 6.54 Å². The van der Waals surface area contributed by atoms with Crippen molar-refractivity contribution in [3.63, 3.8) is 0 Å². The lowest BCUT2D eigenvalue weighted by Gasteiger charge is -2.34. The van der Waals surface area contributed by atoms with Crippen molar-refractivity contribution in [1.82, 2.24) is 10.3 Å². The van der Waals surface area contributed by atoms with Gasteiger partial charge in [-0.3, -0.25) is 0 Å². The molecule has 2 rings (SSSR count). The van der Waals surface area contributed by atoms with E-state index in [4.69, 9.17) is 11.6 Å². The fourth-order valence-electron chi connectivity index (χ4n) is 2.83. The Balaban J connectivity index is 2.02. The minimum Gasteiger partial charge on any atom is -0.357 e. The van der Waals surface area contributed by atoms with E-state index in [1.54, 1.807) is 6.20 Å². The van der Waals surface area contributed by atoms with E-state index < -0.39 is 0 Å². The third-order valence-corrected chi connectivity index (χ3v) is 4.63. The molecule has 1 saturated heterocycles. The molecule has 0 bridgehead atoms. The second-order valence-corrected chi connectivity index (χ2v) is 6.39. The van der Waals surface area contributed by atoms with Gasteiger partial charge >= 0.3 is 0 Å². The number of pyridine rings is 1. The van der Waals surface area contributed by atoms with Crippen molar-refractivity contribution in [3.05, 3.63) is 22.8 Å². The molecule has 1 fully saturated rings. The van der Waals surface area contributed by atoms with Crippen LogP contribution in [0.2, 0.25) is 5.02 Å². The molecule has 2 heterocycles. The van der Waals surface area contributed by atoms with E-state index in [9.17, 15) is 0 Å². The van der Waals surface area contributed by atoms with E-state index in [-0.39, 0.29) is 0 Å². The molecule has 0 spiro atoms. The summed E-state index contributed by atoms with van der Waals surface area (Å²) < 4.78 is 0. The van der Waals surface area contributed by atoms with Crippen molar-refractivity contribution in [2.24, 2.45) is 11.8 Å². The number of hydrogen-bond acceptors (Lipinski definition) is 3. The number of hydrogen-bond donors (Lipinski definition) is 1. The summed E-state index contributed by atoms with van der Waals surface area (Å²) in [6.45, 7) is 10.7. The largest absolute Gasteiger partial charge is 0.357 e. The molecule has 0 saturated carbocycles. The first-order chi connectivity index (χ1) is 9.61. The van der Waals surface area contributed by atoms with Gasteiger partial charge in [-0.05, 0) is 42.9 Å². The second kappa shape index (κ2) is 7.28. The van der Waals surface area contributed by atoms with Crippen LogP contribution in [0.25, 0.3) is 0 Å². The van der Waals surface area contributed by atoms with Gasteiger partial charge in [0, 0.05) is 25.8 Å². The van der Waals surface area contributed by atoms with Crippen LogP contribution in [0.5, 0.6) is 0 Å². The van der Waals surface area contributed by atoms with Gasteiger partial charge in [-0.2, -0.15) is 0 Å². The monoisotopic (exact) mass is 295 g/mol. The molecule has 0 amide bonds. The predicted molar refractivity (Wildman–Crippen MR) is 86.4 cm³/mol. The van der Waals surface area contributed by atoms with Crippen LogP contribution in [0.4, 0.5) is 5.82 Å². The van der Waals surface area contributed by atoms with Crippen LogP contribution in [0.15, 0.2) is 12.3 Å². The van der Waals surface area contributed by atoms with Gasteiger partial charge in [0.05, 0.1) is 5.02 Å². The van der Waals surface area contributed by atoms with Gasteiger partial charge in [0.25, 0.3) is 0 Å². The van der Waals surface area contributed by atoms with E-state index >= 15 is 0 Å². The Hall–Kier alpha value is -0.800. The average Bonchev–Trinajstić information content (AvgIpc) is 2.46. The normalized spacial score (nSPS) is 16.9. The summed E-state index contributed by atoms with van der Waals surface area (Å²) in [6, 6.07) is 2.14. The van der Waals surface area contributed by atoms with Crippen LogP contribution in [0.1, 0.15) is 39.2 Å². The molecule has 0 radical (unpaired) electrons. The van der Waals surface area contributed by atoms with Crippen LogP contribution < -0.4 is 10.2 Å². The molecule has 112 valence electrons. The van der Waals surface area contributed by atoms with Crippen LogP contribution in [0.3, 0.4) is 0 Å². The molecule has 4 heteroatoms. The molecular formula is C16H26ClN3. The zero-order valence-electron chi connectivity index (χ0n) is 12.8. The Morgan fingerprint density at radius 1 is 1.40 bits per heavy atom. The highest BCUT2D eigenvalue weighted by Crippen LogP contribution is 2.28. The van der Waals surface area contributed by atoms with Crippen molar-refractivity contribution < 1.29 is 0 Å². The van der Waals surface area contributed by atoms with Crippen molar-refractivity contribution in [2.45, 2.75) is 40.2 Å². The maximum absolute atomic E-state index is 6.21. The molecular weight excluding hydrogens is 270 g/mol. The molecule has 0 atom stereocenters. The highest BCUT2D eigenvalue weighted by atomic mass is 35.5. The summed E-state index contributed by atoms with van der Waals surface area (Å²) in [7, 11) is 0. The Morgan fingerprint density at radius 3 is 2.70 bits per heavy atom. The van der Waals surface area contributed by atoms with Gasteiger partial charge in [-0.25, -0.2) is 4.98 Å². The summed E-state index contributed by atoms with van der Waals surface area (Å²) >= 11 is 6.21. The standard InChI is InChI=1S/C16H26ClN3/c1-4-18-10-14-9-16(19-11-15(14)17)20-7-5-13(6-8-20)12(2)3/h9,11-13,18H,4-8,10H2,1-3H3. The molecule has 1 aromatic rings. The zero-order valence-corrected chi connectivity index (χ0v) is 13.6. The molecule has 0 aliphatic carbocycles. The second-order valence-electron chi connectivity index (χ2n) is 5.98. The Morgan fingerprint density at radius 2 is 2.10 bits per heavy atom. The number of nitrogens with one attached hydrogen (secondary N) is 1. The molecule has 1 N–H and O–H groups in total. The number of rotatable bonds is 5. The lowest BCUT2D eigenvalue weighted by atomic mass is 9.87. The molecule has 20 heavy (non-hydrogen) atoms. The molecule has 1 aliphatic heterocycles. The topological polar surface area (TPSA) is 28.2 Å². The van der Waals surface area contributed by atoms with E-state index in [0.29, 0.717) is 0 Å². The molecule has 3 nitrogen and oxygen atoms in total. The first-order valence-corrected chi connectivity index (χ1v) is 8.09. The summed E-state index contributed by atoms with van der Waals surface area (Å²) in [6.07, 6.45) is 4.33. The Kier molecular flexibility index (Phi) is 5.67. The van der Waals surface area contributed by atoms with Crippen molar-refractivity contribution in [3.8, 4) is 0 Å². The number of aromatic nitrogens is 1. The molecule has 0 unspecified atom stereocenters. The number of nitrogens with zero attached hydrogens (tertiary/aromatic N) is 2. The van der Waals surface area contributed by atoms with Crippen LogP contribution in [-0.4, -0.2) is 24.6 Å². The van der Waals surface area contributed by atoms with Gasteiger partial charge in [0.1, 0.15) is 5.82 Å². The minimum absolute atomic E-state index is 0.756. The summed E-state index contributed by atoms with van der Waals surface area (Å²) in [5.74, 6) is 2.73. The lowest BCUT2D eigenvalue weighted by Crippen LogP contribution is -2.35. The van der Waals surface area contributed by atoms with Crippen LogP contribution in [0, 0.1) is 11.8 Å². The maximum Gasteiger partial charge on any atom is 0.128 e. The SMILES string of the molecule is CCNCc1cc(N2CCC(C(C)C)CC2)ncc1Cl. The highest BCUT2D eigenvalue weighted by molar-refractivity contribution is 6.31. The smallest absolute Gasteiger partial charge is 0.128 e. The zero-order chi connectivity index (χ0) is 14.5. The molecule has 1 aromatic heterocycles. The number of anilines is 1. The Bertz CT molecular complexity index is 426. The van der Waals surface area contributed by atoms with E-state index in [1.807, 2.05) is 0 Å². The fourth-order valence-corrected chi connectivity index (χ4v) is 3.00. The molecule has 1 aliphatic rings. The van der Waals surface area contributed by atoms with Gasteiger partial charge in [0.15, 0.2) is 0 Å². The highest BCUT2D eigenvalue weighted by Gasteiger charge is 2.22. The summed E-state index contributed by atoms with van der Waals surface area (Å²) in [4.78, 5) is 6.90. The third kappa shape index (κ3) is 3.86. The van der Waals surface area contributed by atoms with Gasteiger partial charge in [0.2, 0.25) is 0 Å².